The van der Waals surface area contributed by atoms with Crippen molar-refractivity contribution in [3.8, 4) is 0 Å². The molecule has 0 heterocycles. The predicted molar refractivity (Wildman–Crippen MR) is 95.8 cm³/mol. The average Bonchev–Trinajstić information content (AvgIpc) is 2.55. The molecule has 1 amide bonds. The zero-order valence-electron chi connectivity index (χ0n) is 14.2. The summed E-state index contributed by atoms with van der Waals surface area (Å²) in [5, 5.41) is -0.569. The highest BCUT2D eigenvalue weighted by molar-refractivity contribution is 6.67. The molecule has 2 aromatic carbocycles. The summed E-state index contributed by atoms with van der Waals surface area (Å²) in [5.74, 6) is 4.48. The normalized spacial score (nSPS) is 8.88. The summed E-state index contributed by atoms with van der Waals surface area (Å²) in [4.78, 5) is 30.7. The predicted octanol–water partition coefficient (Wildman–Crippen LogP) is 3.40. The Balaban J connectivity index is 0.000000383. The maximum absolute atomic E-state index is 12.2. The van der Waals surface area contributed by atoms with Crippen molar-refractivity contribution in [2.24, 2.45) is 5.84 Å². The number of rotatable bonds is 2. The van der Waals surface area contributed by atoms with Gasteiger partial charge < -0.3 is 4.79 Å². The lowest BCUT2D eigenvalue weighted by molar-refractivity contribution is -0.115. The number of nitrogens with one attached hydrogen (secondary N) is 1. The molecule has 0 aliphatic heterocycles. The number of hydrazine groups is 1. The van der Waals surface area contributed by atoms with Crippen molar-refractivity contribution < 1.29 is 18.8 Å². The molecule has 5 nitrogen and oxygen atoms in total. The Morgan fingerprint density at radius 1 is 0.920 bits per heavy atom. The molecule has 2 rings (SSSR count). The maximum Gasteiger partial charge on any atom is 0.265 e. The molecule has 25 heavy (non-hydrogen) atoms. The second-order valence-electron chi connectivity index (χ2n) is 5.03. The monoisotopic (exact) mass is 366 g/mol. The summed E-state index contributed by atoms with van der Waals surface area (Å²) < 4.78 is 12.2. The summed E-state index contributed by atoms with van der Waals surface area (Å²) in [6.45, 7) is 5.02. The van der Waals surface area contributed by atoms with E-state index in [1.807, 2.05) is 19.1 Å². The van der Waals surface area contributed by atoms with Gasteiger partial charge in [0.15, 0.2) is 0 Å². The van der Waals surface area contributed by atoms with Gasteiger partial charge >= 0.3 is 0 Å². The number of hydrogen-bond acceptors (Lipinski definition) is 4. The van der Waals surface area contributed by atoms with Gasteiger partial charge in [0, 0.05) is 11.1 Å². The number of hydrogen-bond donors (Lipinski definition) is 2. The van der Waals surface area contributed by atoms with Crippen molar-refractivity contribution in [3.05, 3.63) is 71.0 Å². The van der Waals surface area contributed by atoms with E-state index in [-0.39, 0.29) is 17.5 Å². The lowest BCUT2D eigenvalue weighted by Gasteiger charge is -1.98. The van der Waals surface area contributed by atoms with Crippen LogP contribution < -0.4 is 11.3 Å². The van der Waals surface area contributed by atoms with Crippen molar-refractivity contribution in [2.45, 2.75) is 20.8 Å². The van der Waals surface area contributed by atoms with E-state index in [4.69, 9.17) is 17.4 Å². The summed E-state index contributed by atoms with van der Waals surface area (Å²) in [5.41, 5.74) is 4.08. The van der Waals surface area contributed by atoms with Gasteiger partial charge in [-0.2, -0.15) is 0 Å². The quantitative estimate of drug-likeness (QED) is 0.369. The van der Waals surface area contributed by atoms with Crippen LogP contribution in [0, 0.1) is 12.7 Å². The first-order valence-electron chi connectivity index (χ1n) is 7.17. The molecule has 0 aliphatic rings. The van der Waals surface area contributed by atoms with Crippen LogP contribution in [0.4, 0.5) is 4.39 Å². The van der Waals surface area contributed by atoms with Crippen LogP contribution in [-0.4, -0.2) is 16.9 Å². The van der Waals surface area contributed by atoms with Gasteiger partial charge in [0.25, 0.3) is 11.1 Å². The molecule has 0 unspecified atom stereocenters. The molecule has 0 bridgehead atoms. The zero-order valence-corrected chi connectivity index (χ0v) is 14.9. The van der Waals surface area contributed by atoms with Gasteiger partial charge in [-0.05, 0) is 68.8 Å². The van der Waals surface area contributed by atoms with Crippen LogP contribution in [-0.2, 0) is 4.79 Å². The van der Waals surface area contributed by atoms with Crippen LogP contribution in [0.15, 0.2) is 48.5 Å². The number of carbonyl (C=O) groups excluding carboxylic acids is 3. The van der Waals surface area contributed by atoms with Crippen LogP contribution in [0.25, 0.3) is 0 Å². The first-order valence-corrected chi connectivity index (χ1v) is 7.55. The third-order valence-corrected chi connectivity index (χ3v) is 2.73. The van der Waals surface area contributed by atoms with E-state index < -0.39 is 5.24 Å². The van der Waals surface area contributed by atoms with E-state index in [0.717, 1.165) is 5.56 Å². The van der Waals surface area contributed by atoms with Gasteiger partial charge in [-0.25, -0.2) is 10.2 Å². The van der Waals surface area contributed by atoms with Crippen LogP contribution in [0.5, 0.6) is 0 Å². The zero-order chi connectivity index (χ0) is 19.4. The lowest BCUT2D eigenvalue weighted by Crippen LogP contribution is -2.29. The molecule has 0 saturated carbocycles. The second kappa shape index (κ2) is 11.9. The molecule has 3 N–H and O–H groups in total. The number of benzene rings is 2. The minimum atomic E-state index is -0.569. The second-order valence-corrected chi connectivity index (χ2v) is 5.37. The van der Waals surface area contributed by atoms with Crippen LogP contribution in [0.3, 0.4) is 0 Å². The molecule has 2 aromatic rings. The molecule has 0 fully saturated rings. The van der Waals surface area contributed by atoms with Crippen molar-refractivity contribution in [1.82, 2.24) is 5.43 Å². The van der Waals surface area contributed by atoms with Crippen molar-refractivity contribution in [1.29, 1.82) is 0 Å². The Bertz CT molecular complexity index is 697. The fraction of sp³-hybridized carbons (Fsp3) is 0.167. The van der Waals surface area contributed by atoms with Gasteiger partial charge in [0.05, 0.1) is 0 Å². The van der Waals surface area contributed by atoms with Crippen LogP contribution >= 0.6 is 11.6 Å². The minimum absolute atomic E-state index is 0.167. The molecule has 0 atom stereocenters. The Hall–Kier alpha value is -2.57. The van der Waals surface area contributed by atoms with E-state index >= 15 is 0 Å². The van der Waals surface area contributed by atoms with Gasteiger partial charge in [-0.15, -0.1) is 0 Å². The van der Waals surface area contributed by atoms with E-state index in [9.17, 15) is 18.8 Å². The molecule has 0 radical (unpaired) electrons. The number of Topliss-reactive ketones (excluding diaryl/α,β-unsaturated/α-hetero) is 1. The standard InChI is InChI=1S/C8H10N2O.C7H4ClFO.C3H6O/c1-6-2-4-7(5-3-6)8(11)10-9;8-7(10)5-1-3-6(9)4-2-5;1-3(2)4/h2-5H,9H2,1H3,(H,10,11);1-4H;1-2H3. The van der Waals surface area contributed by atoms with Crippen molar-refractivity contribution in [3.63, 3.8) is 0 Å². The SMILES string of the molecule is CC(C)=O.Cc1ccc(C(=O)NN)cc1.O=C(Cl)c1ccc(F)cc1. The molecule has 0 saturated heterocycles. The molecule has 0 aromatic heterocycles. The summed E-state index contributed by atoms with van der Waals surface area (Å²) >= 11 is 5.09. The first kappa shape index (κ1) is 22.4. The highest BCUT2D eigenvalue weighted by atomic mass is 35.5. The van der Waals surface area contributed by atoms with E-state index in [1.54, 1.807) is 12.1 Å². The third-order valence-electron chi connectivity index (χ3n) is 2.52. The smallest absolute Gasteiger partial charge is 0.265 e. The van der Waals surface area contributed by atoms with Gasteiger partial charge in [0.1, 0.15) is 11.6 Å². The fourth-order valence-electron chi connectivity index (χ4n) is 1.37. The Labute approximate surface area is 151 Å². The number of aryl methyl sites for hydroxylation is 1. The van der Waals surface area contributed by atoms with E-state index in [0.29, 0.717) is 11.1 Å². The largest absolute Gasteiger partial charge is 0.300 e. The molecule has 0 aliphatic carbocycles. The first-order chi connectivity index (χ1) is 11.7. The molecule has 134 valence electrons. The average molecular weight is 367 g/mol. The van der Waals surface area contributed by atoms with E-state index in [1.165, 1.54) is 38.1 Å². The van der Waals surface area contributed by atoms with Crippen molar-refractivity contribution >= 4 is 28.5 Å². The fourth-order valence-corrected chi connectivity index (χ4v) is 1.50. The third kappa shape index (κ3) is 10.8. The van der Waals surface area contributed by atoms with Gasteiger partial charge in [-0.1, -0.05) is 17.7 Å². The highest BCUT2D eigenvalue weighted by Gasteiger charge is 2.00. The molecular weight excluding hydrogens is 347 g/mol. The number of amides is 1. The Morgan fingerprint density at radius 3 is 1.68 bits per heavy atom. The number of nitrogen functional groups attached to an aromatic ring is 1. The van der Waals surface area contributed by atoms with Gasteiger partial charge in [0.2, 0.25) is 0 Å². The topological polar surface area (TPSA) is 89.3 Å². The summed E-state index contributed by atoms with van der Waals surface area (Å²) in [6, 6.07) is 12.3. The lowest BCUT2D eigenvalue weighted by atomic mass is 10.1. The van der Waals surface area contributed by atoms with Crippen molar-refractivity contribution in [2.75, 3.05) is 0 Å². The van der Waals surface area contributed by atoms with Gasteiger partial charge in [-0.3, -0.25) is 15.0 Å². The number of carbonyl (C=O) groups is 3. The maximum atomic E-state index is 12.2. The number of ketones is 1. The van der Waals surface area contributed by atoms with Crippen LogP contribution in [0.2, 0.25) is 0 Å². The van der Waals surface area contributed by atoms with E-state index in [2.05, 4.69) is 5.43 Å². The molecule has 7 heteroatoms. The molecular formula is C18H20ClFN2O3. The summed E-state index contributed by atoms with van der Waals surface area (Å²) in [6.07, 6.45) is 0. The Kier molecular flexibility index (Phi) is 10.7. The highest BCUT2D eigenvalue weighted by Crippen LogP contribution is 2.05. The Morgan fingerprint density at radius 2 is 1.32 bits per heavy atom. The van der Waals surface area contributed by atoms with Crippen LogP contribution in [0.1, 0.15) is 40.1 Å². The number of nitrogens with two attached hydrogens (primary N) is 1. The molecule has 0 spiro atoms. The summed E-state index contributed by atoms with van der Waals surface area (Å²) in [7, 11) is 0. The number of halogens is 2. The minimum Gasteiger partial charge on any atom is -0.300 e.